The maximum Gasteiger partial charge on any atom is 0.227 e. The van der Waals surface area contributed by atoms with Crippen molar-refractivity contribution < 1.29 is 9.53 Å². The molecule has 0 radical (unpaired) electrons. The van der Waals surface area contributed by atoms with Crippen molar-refractivity contribution in [3.63, 3.8) is 0 Å². The fraction of sp³-hybridized carbons (Fsp3) is 0.125. The van der Waals surface area contributed by atoms with E-state index in [0.29, 0.717) is 10.8 Å². The Morgan fingerprint density at radius 3 is 3.00 bits per heavy atom. The largest absolute Gasteiger partial charge is 0.491 e. The lowest BCUT2D eigenvalue weighted by Crippen LogP contribution is -2.15. The van der Waals surface area contributed by atoms with Crippen LogP contribution in [0.15, 0.2) is 48.8 Å². The highest BCUT2D eigenvalue weighted by Crippen LogP contribution is 2.23. The van der Waals surface area contributed by atoms with Gasteiger partial charge >= 0.3 is 0 Å². The van der Waals surface area contributed by atoms with Crippen molar-refractivity contribution in [3.8, 4) is 5.75 Å². The Kier molecular flexibility index (Phi) is 4.25. The molecule has 0 atom stereocenters. The van der Waals surface area contributed by atoms with Gasteiger partial charge in [0.15, 0.2) is 0 Å². The summed E-state index contributed by atoms with van der Waals surface area (Å²) in [6.07, 6.45) is 1.86. The summed E-state index contributed by atoms with van der Waals surface area (Å²) in [6, 6.07) is 12.7. The fourth-order valence-electron chi connectivity index (χ4n) is 2.05. The average molecular weight is 316 g/mol. The van der Waals surface area contributed by atoms with Crippen LogP contribution in [0.3, 0.4) is 0 Å². The van der Waals surface area contributed by atoms with Gasteiger partial charge in [-0.15, -0.1) is 0 Å². The van der Waals surface area contributed by atoms with Gasteiger partial charge in [-0.05, 0) is 30.3 Å². The Labute approximate surface area is 132 Å². The van der Waals surface area contributed by atoms with Gasteiger partial charge < -0.3 is 15.0 Å². The van der Waals surface area contributed by atoms with Crippen LogP contribution in [-0.4, -0.2) is 22.5 Å². The molecule has 0 bridgehead atoms. The number of ether oxygens (including phenoxy) is 1. The molecular weight excluding hydrogens is 302 g/mol. The molecule has 22 heavy (non-hydrogen) atoms. The molecule has 1 aromatic heterocycles. The minimum atomic E-state index is -0.120. The number of fused-ring (bicyclic) bond motifs is 1. The molecule has 0 fully saturated rings. The number of anilines is 1. The van der Waals surface area contributed by atoms with Gasteiger partial charge in [0.05, 0.1) is 35.4 Å². The molecule has 0 spiro atoms. The molecule has 0 aliphatic rings. The third-order valence-electron chi connectivity index (χ3n) is 3.13. The van der Waals surface area contributed by atoms with Gasteiger partial charge in [-0.25, -0.2) is 4.98 Å². The number of hydrogen-bond acceptors (Lipinski definition) is 3. The molecule has 1 heterocycles. The molecule has 0 unspecified atom stereocenters. The summed E-state index contributed by atoms with van der Waals surface area (Å²) in [7, 11) is 0. The molecule has 0 aliphatic heterocycles. The van der Waals surface area contributed by atoms with Gasteiger partial charge in [-0.1, -0.05) is 23.7 Å². The van der Waals surface area contributed by atoms with Gasteiger partial charge in [0.25, 0.3) is 0 Å². The van der Waals surface area contributed by atoms with E-state index in [1.165, 1.54) is 0 Å². The number of carbonyl (C=O) groups is 1. The molecule has 1 amide bonds. The van der Waals surface area contributed by atoms with Gasteiger partial charge in [0.2, 0.25) is 5.91 Å². The zero-order chi connectivity index (χ0) is 15.4. The summed E-state index contributed by atoms with van der Waals surface area (Å²) in [5.41, 5.74) is 2.46. The summed E-state index contributed by atoms with van der Waals surface area (Å²) in [5.74, 6) is 0.460. The average Bonchev–Trinajstić information content (AvgIpc) is 2.97. The van der Waals surface area contributed by atoms with Crippen LogP contribution >= 0.6 is 11.6 Å². The number of amides is 1. The van der Waals surface area contributed by atoms with Crippen molar-refractivity contribution in [1.82, 2.24) is 9.97 Å². The van der Waals surface area contributed by atoms with Crippen molar-refractivity contribution >= 4 is 34.2 Å². The van der Waals surface area contributed by atoms with Crippen molar-refractivity contribution in [2.45, 2.75) is 6.42 Å². The highest BCUT2D eigenvalue weighted by Gasteiger charge is 2.06. The molecule has 0 saturated carbocycles. The lowest BCUT2D eigenvalue weighted by Gasteiger charge is -2.08. The molecule has 0 saturated heterocycles. The number of aromatic nitrogens is 2. The standard InChI is InChI=1S/C16H14ClN3O2/c17-12-3-1-2-4-15(12)22-8-7-16(21)20-11-5-6-13-14(9-11)19-10-18-13/h1-6,9-10H,7-8H2,(H,18,19)(H,20,21). The normalized spacial score (nSPS) is 10.6. The van der Waals surface area contributed by atoms with E-state index in [1.54, 1.807) is 18.5 Å². The van der Waals surface area contributed by atoms with E-state index in [2.05, 4.69) is 15.3 Å². The molecule has 2 aromatic carbocycles. The minimum Gasteiger partial charge on any atom is -0.491 e. The summed E-state index contributed by atoms with van der Waals surface area (Å²) in [4.78, 5) is 19.0. The molecule has 3 aromatic rings. The molecule has 2 N–H and O–H groups in total. The predicted octanol–water partition coefficient (Wildman–Crippen LogP) is 3.62. The number of imidazole rings is 1. The minimum absolute atomic E-state index is 0.120. The molecule has 0 aliphatic carbocycles. The quantitative estimate of drug-likeness (QED) is 0.755. The van der Waals surface area contributed by atoms with Crippen molar-refractivity contribution in [2.75, 3.05) is 11.9 Å². The predicted molar refractivity (Wildman–Crippen MR) is 86.3 cm³/mol. The number of nitrogens with zero attached hydrogens (tertiary/aromatic N) is 1. The second-order valence-corrected chi connectivity index (χ2v) is 5.12. The third kappa shape index (κ3) is 3.38. The summed E-state index contributed by atoms with van der Waals surface area (Å²) in [5, 5.41) is 3.36. The summed E-state index contributed by atoms with van der Waals surface area (Å²) < 4.78 is 5.49. The maximum atomic E-state index is 11.9. The maximum absolute atomic E-state index is 11.9. The number of H-pyrrole nitrogens is 1. The van der Waals surface area contributed by atoms with Crippen LogP contribution in [0.4, 0.5) is 5.69 Å². The summed E-state index contributed by atoms with van der Waals surface area (Å²) >= 11 is 5.98. The molecule has 6 heteroatoms. The van der Waals surface area contributed by atoms with Gasteiger partial charge in [-0.2, -0.15) is 0 Å². The van der Waals surface area contributed by atoms with E-state index in [-0.39, 0.29) is 18.9 Å². The fourth-order valence-corrected chi connectivity index (χ4v) is 2.24. The Hall–Kier alpha value is -2.53. The highest BCUT2D eigenvalue weighted by molar-refractivity contribution is 6.32. The van der Waals surface area contributed by atoms with Crippen molar-refractivity contribution in [3.05, 3.63) is 53.8 Å². The van der Waals surface area contributed by atoms with Crippen LogP contribution in [0, 0.1) is 0 Å². The smallest absolute Gasteiger partial charge is 0.227 e. The lowest BCUT2D eigenvalue weighted by atomic mass is 10.2. The van der Waals surface area contributed by atoms with E-state index < -0.39 is 0 Å². The lowest BCUT2D eigenvalue weighted by molar-refractivity contribution is -0.116. The van der Waals surface area contributed by atoms with Crippen LogP contribution in [-0.2, 0) is 4.79 Å². The first-order valence-corrected chi connectivity index (χ1v) is 7.20. The Bertz CT molecular complexity index is 801. The van der Waals surface area contributed by atoms with Crippen LogP contribution in [0.5, 0.6) is 5.75 Å². The van der Waals surface area contributed by atoms with Gasteiger partial charge in [0, 0.05) is 5.69 Å². The number of carbonyl (C=O) groups excluding carboxylic acids is 1. The highest BCUT2D eigenvalue weighted by atomic mass is 35.5. The number of aromatic amines is 1. The molecule has 5 nitrogen and oxygen atoms in total. The third-order valence-corrected chi connectivity index (χ3v) is 3.44. The van der Waals surface area contributed by atoms with E-state index >= 15 is 0 Å². The van der Waals surface area contributed by atoms with Gasteiger partial charge in [-0.3, -0.25) is 4.79 Å². The summed E-state index contributed by atoms with van der Waals surface area (Å²) in [6.45, 7) is 0.266. The molecular formula is C16H14ClN3O2. The molecule has 3 rings (SSSR count). The zero-order valence-electron chi connectivity index (χ0n) is 11.7. The number of benzene rings is 2. The Balaban J connectivity index is 1.53. The molecule has 112 valence electrons. The van der Waals surface area contributed by atoms with Gasteiger partial charge in [0.1, 0.15) is 5.75 Å². The van der Waals surface area contributed by atoms with E-state index in [1.807, 2.05) is 30.3 Å². The van der Waals surface area contributed by atoms with E-state index in [0.717, 1.165) is 16.7 Å². The number of nitrogens with one attached hydrogen (secondary N) is 2. The van der Waals surface area contributed by atoms with Crippen molar-refractivity contribution in [1.29, 1.82) is 0 Å². The van der Waals surface area contributed by atoms with Crippen LogP contribution < -0.4 is 10.1 Å². The van der Waals surface area contributed by atoms with Crippen LogP contribution in [0.25, 0.3) is 11.0 Å². The number of hydrogen-bond donors (Lipinski definition) is 2. The SMILES string of the molecule is O=C(CCOc1ccccc1Cl)Nc1ccc2nc[nH]c2c1. The van der Waals surface area contributed by atoms with E-state index in [9.17, 15) is 4.79 Å². The number of para-hydroxylation sites is 1. The first-order valence-electron chi connectivity index (χ1n) is 6.83. The second kappa shape index (κ2) is 6.49. The monoisotopic (exact) mass is 315 g/mol. The van der Waals surface area contributed by atoms with Crippen LogP contribution in [0.1, 0.15) is 6.42 Å². The first-order chi connectivity index (χ1) is 10.7. The van der Waals surface area contributed by atoms with E-state index in [4.69, 9.17) is 16.3 Å². The Morgan fingerprint density at radius 2 is 2.14 bits per heavy atom. The van der Waals surface area contributed by atoms with Crippen LogP contribution in [0.2, 0.25) is 5.02 Å². The number of rotatable bonds is 5. The zero-order valence-corrected chi connectivity index (χ0v) is 12.4. The number of halogens is 1. The Morgan fingerprint density at radius 1 is 1.27 bits per heavy atom. The topological polar surface area (TPSA) is 67.0 Å². The first kappa shape index (κ1) is 14.4. The second-order valence-electron chi connectivity index (χ2n) is 4.71. The van der Waals surface area contributed by atoms with Crippen molar-refractivity contribution in [2.24, 2.45) is 0 Å².